The van der Waals surface area contributed by atoms with Crippen molar-refractivity contribution in [2.24, 2.45) is 0 Å². The molecule has 0 aliphatic carbocycles. The number of hydrogen-bond acceptors (Lipinski definition) is 5. The zero-order chi connectivity index (χ0) is 19.5. The summed E-state index contributed by atoms with van der Waals surface area (Å²) >= 11 is 1.62. The number of nitrogens with zero attached hydrogens (tertiary/aromatic N) is 3. The van der Waals surface area contributed by atoms with Crippen molar-refractivity contribution in [3.05, 3.63) is 69.7 Å². The zero-order valence-electron chi connectivity index (χ0n) is 15.5. The van der Waals surface area contributed by atoms with Gasteiger partial charge in [0.1, 0.15) is 5.82 Å². The fourth-order valence-electron chi connectivity index (χ4n) is 3.17. The van der Waals surface area contributed by atoms with Crippen molar-refractivity contribution in [3.63, 3.8) is 0 Å². The summed E-state index contributed by atoms with van der Waals surface area (Å²) in [4.78, 5) is 38.5. The van der Waals surface area contributed by atoms with Gasteiger partial charge in [-0.05, 0) is 31.2 Å². The molecule has 0 radical (unpaired) electrons. The Kier molecular flexibility index (Phi) is 5.16. The second-order valence-electron chi connectivity index (χ2n) is 6.51. The normalized spacial score (nSPS) is 11.2. The first-order chi connectivity index (χ1) is 13.6. The quantitative estimate of drug-likeness (QED) is 0.545. The molecule has 0 saturated carbocycles. The maximum atomic E-state index is 12.7. The van der Waals surface area contributed by atoms with Gasteiger partial charge in [-0.3, -0.25) is 9.59 Å². The van der Waals surface area contributed by atoms with Crippen LogP contribution in [0, 0.1) is 0 Å². The lowest BCUT2D eigenvalue weighted by Gasteiger charge is -2.20. The van der Waals surface area contributed by atoms with Crippen LogP contribution in [0.4, 0.5) is 0 Å². The van der Waals surface area contributed by atoms with Crippen LogP contribution in [0.5, 0.6) is 0 Å². The van der Waals surface area contributed by atoms with Gasteiger partial charge >= 0.3 is 0 Å². The Morgan fingerprint density at radius 2 is 1.82 bits per heavy atom. The SMILES string of the molecule is CCN(Cc1nc2ccccc2c(=O)[nH]1)C(=O)CCc1nc2ccccc2s1. The summed E-state index contributed by atoms with van der Waals surface area (Å²) in [6, 6.07) is 15.2. The first-order valence-corrected chi connectivity index (χ1v) is 10.1. The highest BCUT2D eigenvalue weighted by Crippen LogP contribution is 2.22. The fourth-order valence-corrected chi connectivity index (χ4v) is 4.13. The van der Waals surface area contributed by atoms with Gasteiger partial charge in [0.2, 0.25) is 5.91 Å². The molecule has 142 valence electrons. The molecule has 0 unspecified atom stereocenters. The van der Waals surface area contributed by atoms with Crippen LogP contribution in [0.25, 0.3) is 21.1 Å². The van der Waals surface area contributed by atoms with Crippen LogP contribution in [0.15, 0.2) is 53.3 Å². The van der Waals surface area contributed by atoms with E-state index in [2.05, 4.69) is 15.0 Å². The summed E-state index contributed by atoms with van der Waals surface area (Å²) in [6.07, 6.45) is 0.988. The van der Waals surface area contributed by atoms with E-state index in [1.165, 1.54) is 0 Å². The molecular weight excluding hydrogens is 372 g/mol. The molecule has 2 aromatic heterocycles. The number of aromatic amines is 1. The third-order valence-corrected chi connectivity index (χ3v) is 5.72. The van der Waals surface area contributed by atoms with E-state index in [0.717, 1.165) is 15.2 Å². The van der Waals surface area contributed by atoms with Gasteiger partial charge < -0.3 is 9.88 Å². The van der Waals surface area contributed by atoms with Crippen molar-refractivity contribution in [2.75, 3.05) is 6.54 Å². The molecule has 7 heteroatoms. The van der Waals surface area contributed by atoms with Crippen molar-refractivity contribution >= 4 is 38.4 Å². The largest absolute Gasteiger partial charge is 0.335 e. The van der Waals surface area contributed by atoms with Crippen LogP contribution < -0.4 is 5.56 Å². The number of rotatable bonds is 6. The molecule has 28 heavy (non-hydrogen) atoms. The number of amides is 1. The van der Waals surface area contributed by atoms with E-state index in [9.17, 15) is 9.59 Å². The average Bonchev–Trinajstić information content (AvgIpc) is 3.13. The molecule has 1 N–H and O–H groups in total. The monoisotopic (exact) mass is 392 g/mol. The van der Waals surface area contributed by atoms with Crippen molar-refractivity contribution < 1.29 is 4.79 Å². The summed E-state index contributed by atoms with van der Waals surface area (Å²) in [7, 11) is 0. The van der Waals surface area contributed by atoms with Crippen LogP contribution in [0.2, 0.25) is 0 Å². The molecule has 0 bridgehead atoms. The Bertz CT molecular complexity index is 1160. The smallest absolute Gasteiger partial charge is 0.258 e. The minimum atomic E-state index is -0.182. The number of hydrogen-bond donors (Lipinski definition) is 1. The predicted octanol–water partition coefficient (Wildman–Crippen LogP) is 3.51. The molecule has 0 aliphatic rings. The molecule has 2 heterocycles. The summed E-state index contributed by atoms with van der Waals surface area (Å²) < 4.78 is 1.13. The molecule has 0 fully saturated rings. The second-order valence-corrected chi connectivity index (χ2v) is 7.63. The number of nitrogens with one attached hydrogen (secondary N) is 1. The molecule has 1 amide bonds. The highest BCUT2D eigenvalue weighted by atomic mass is 32.1. The Balaban J connectivity index is 1.46. The molecule has 0 aliphatic heterocycles. The molecule has 2 aromatic carbocycles. The van der Waals surface area contributed by atoms with E-state index >= 15 is 0 Å². The summed E-state index contributed by atoms with van der Waals surface area (Å²) in [5, 5.41) is 1.51. The Morgan fingerprint density at radius 3 is 2.61 bits per heavy atom. The summed E-state index contributed by atoms with van der Waals surface area (Å²) in [5.41, 5.74) is 1.43. The highest BCUT2D eigenvalue weighted by molar-refractivity contribution is 7.18. The van der Waals surface area contributed by atoms with Crippen LogP contribution >= 0.6 is 11.3 Å². The number of aromatic nitrogens is 3. The maximum Gasteiger partial charge on any atom is 0.258 e. The standard InChI is InChI=1S/C21H20N4O2S/c1-2-25(13-18-22-15-8-4-3-7-14(15)21(27)24-18)20(26)12-11-19-23-16-9-5-6-10-17(16)28-19/h3-10H,2,11-13H2,1H3,(H,22,24,27). The van der Waals surface area contributed by atoms with Crippen LogP contribution in [0.1, 0.15) is 24.2 Å². The van der Waals surface area contributed by atoms with Gasteiger partial charge in [-0.2, -0.15) is 0 Å². The van der Waals surface area contributed by atoms with Gasteiger partial charge in [-0.15, -0.1) is 11.3 Å². The lowest BCUT2D eigenvalue weighted by Crippen LogP contribution is -2.32. The molecular formula is C21H20N4O2S. The summed E-state index contributed by atoms with van der Waals surface area (Å²) in [6.45, 7) is 2.76. The number of thiazole rings is 1. The lowest BCUT2D eigenvalue weighted by atomic mass is 10.2. The Hall–Kier alpha value is -3.06. The molecule has 6 nitrogen and oxygen atoms in total. The number of carbonyl (C=O) groups excluding carboxylic acids is 1. The van der Waals surface area contributed by atoms with Gasteiger partial charge in [-0.1, -0.05) is 24.3 Å². The second kappa shape index (κ2) is 7.90. The van der Waals surface area contributed by atoms with Crippen molar-refractivity contribution in [2.45, 2.75) is 26.3 Å². The predicted molar refractivity (Wildman–Crippen MR) is 111 cm³/mol. The Labute approximate surface area is 165 Å². The number of benzene rings is 2. The molecule has 0 atom stereocenters. The summed E-state index contributed by atoms with van der Waals surface area (Å²) in [5.74, 6) is 0.524. The third-order valence-electron chi connectivity index (χ3n) is 4.63. The molecule has 0 spiro atoms. The van der Waals surface area contributed by atoms with Crippen molar-refractivity contribution in [3.8, 4) is 0 Å². The topological polar surface area (TPSA) is 79.0 Å². The van der Waals surface area contributed by atoms with Crippen LogP contribution in [-0.4, -0.2) is 32.3 Å². The highest BCUT2D eigenvalue weighted by Gasteiger charge is 2.15. The average molecular weight is 392 g/mol. The van der Waals surface area contributed by atoms with Crippen LogP contribution in [-0.2, 0) is 17.8 Å². The third kappa shape index (κ3) is 3.80. The van der Waals surface area contributed by atoms with Crippen LogP contribution in [0.3, 0.4) is 0 Å². The van der Waals surface area contributed by atoms with Gasteiger partial charge in [0.25, 0.3) is 5.56 Å². The van der Waals surface area contributed by atoms with E-state index in [1.54, 1.807) is 28.4 Å². The minimum Gasteiger partial charge on any atom is -0.335 e. The van der Waals surface area contributed by atoms with Gasteiger partial charge in [0, 0.05) is 19.4 Å². The van der Waals surface area contributed by atoms with E-state index in [4.69, 9.17) is 0 Å². The number of para-hydroxylation sites is 2. The Morgan fingerprint density at radius 1 is 1.07 bits per heavy atom. The number of aryl methyl sites for hydroxylation is 1. The van der Waals surface area contributed by atoms with Gasteiger partial charge in [0.05, 0.1) is 32.7 Å². The molecule has 0 saturated heterocycles. The molecule has 4 aromatic rings. The first kappa shape index (κ1) is 18.3. The zero-order valence-corrected chi connectivity index (χ0v) is 16.3. The maximum absolute atomic E-state index is 12.7. The van der Waals surface area contributed by atoms with E-state index < -0.39 is 0 Å². The first-order valence-electron chi connectivity index (χ1n) is 9.24. The van der Waals surface area contributed by atoms with Gasteiger partial charge in [-0.25, -0.2) is 9.97 Å². The van der Waals surface area contributed by atoms with E-state index in [1.807, 2.05) is 43.3 Å². The molecule has 4 rings (SSSR count). The van der Waals surface area contributed by atoms with E-state index in [-0.39, 0.29) is 18.0 Å². The van der Waals surface area contributed by atoms with E-state index in [0.29, 0.717) is 36.1 Å². The number of fused-ring (bicyclic) bond motifs is 2. The fraction of sp³-hybridized carbons (Fsp3) is 0.238. The lowest BCUT2D eigenvalue weighted by molar-refractivity contribution is -0.131. The number of carbonyl (C=O) groups is 1. The minimum absolute atomic E-state index is 0.0255. The van der Waals surface area contributed by atoms with Crippen molar-refractivity contribution in [1.29, 1.82) is 0 Å². The van der Waals surface area contributed by atoms with Gasteiger partial charge in [0.15, 0.2) is 0 Å². The number of H-pyrrole nitrogens is 1. The van der Waals surface area contributed by atoms with Crippen molar-refractivity contribution in [1.82, 2.24) is 19.9 Å².